The monoisotopic (exact) mass is 768 g/mol. The van der Waals surface area contributed by atoms with Crippen LogP contribution in [-0.2, 0) is 16.4 Å². The Morgan fingerprint density at radius 1 is 1.04 bits per heavy atom. The van der Waals surface area contributed by atoms with E-state index >= 15 is 0 Å². The lowest BCUT2D eigenvalue weighted by molar-refractivity contribution is -0.253. The number of hydrogen-bond donors (Lipinski definition) is 2. The first-order valence-corrected chi connectivity index (χ1v) is 18.6. The Balaban J connectivity index is 1.16. The van der Waals surface area contributed by atoms with Crippen LogP contribution in [0, 0.1) is 6.92 Å². The second kappa shape index (κ2) is 14.0. The van der Waals surface area contributed by atoms with Crippen molar-refractivity contribution in [3.8, 4) is 11.5 Å². The predicted octanol–water partition coefficient (Wildman–Crippen LogP) is 5.48. The summed E-state index contributed by atoms with van der Waals surface area (Å²) < 4.78 is 77.5. The minimum atomic E-state index is -4.27. The van der Waals surface area contributed by atoms with Crippen LogP contribution in [0.15, 0.2) is 34.9 Å². The number of aryl methyl sites for hydroxylation is 1. The molecule has 0 atom stereocenters. The molecular weight excluding hydrogens is 729 g/mol. The van der Waals surface area contributed by atoms with Crippen molar-refractivity contribution in [1.29, 1.82) is 0 Å². The number of piperazine rings is 1. The van der Waals surface area contributed by atoms with Crippen molar-refractivity contribution in [3.63, 3.8) is 0 Å². The van der Waals surface area contributed by atoms with Gasteiger partial charge in [0.2, 0.25) is 16.0 Å². The summed E-state index contributed by atoms with van der Waals surface area (Å²) in [6.07, 6.45) is 0.912. The van der Waals surface area contributed by atoms with E-state index in [1.165, 1.54) is 11.4 Å². The Labute approximate surface area is 292 Å². The molecule has 1 aromatic heterocycles. The summed E-state index contributed by atoms with van der Waals surface area (Å²) in [7, 11) is -0.446. The van der Waals surface area contributed by atoms with Crippen molar-refractivity contribution in [3.05, 3.63) is 46.1 Å². The van der Waals surface area contributed by atoms with Gasteiger partial charge in [-0.05, 0) is 59.0 Å². The second-order valence-corrected chi connectivity index (χ2v) is 15.4. The van der Waals surface area contributed by atoms with E-state index in [1.807, 2.05) is 25.1 Å². The Kier molecular flexibility index (Phi) is 10.1. The SMILES string of the molecule is COc1cc(N2CCC(N3CCN(C(F)(F)F)CC3)CC2)c(C)cc1Nc1ncc(Br)c(Nc2cc3c(cc2N(C)S(C)(=O)=O)CCO3)n1. The summed E-state index contributed by atoms with van der Waals surface area (Å²) in [5.74, 6) is 1.98. The third-order valence-electron chi connectivity index (χ3n) is 9.40. The topological polar surface area (TPSA) is 115 Å². The molecule has 2 fully saturated rings. The molecule has 0 amide bonds. The van der Waals surface area contributed by atoms with Gasteiger partial charge < -0.3 is 25.0 Å². The number of alkyl halides is 3. The van der Waals surface area contributed by atoms with Crippen molar-refractivity contribution < 1.29 is 31.1 Å². The van der Waals surface area contributed by atoms with Gasteiger partial charge >= 0.3 is 6.30 Å². The van der Waals surface area contributed by atoms with E-state index in [9.17, 15) is 21.6 Å². The van der Waals surface area contributed by atoms with E-state index in [2.05, 4.69) is 46.3 Å². The van der Waals surface area contributed by atoms with Gasteiger partial charge in [0.05, 0.1) is 41.5 Å². The van der Waals surface area contributed by atoms with Crippen LogP contribution in [0.1, 0.15) is 24.0 Å². The van der Waals surface area contributed by atoms with Crippen LogP contribution >= 0.6 is 15.9 Å². The van der Waals surface area contributed by atoms with Crippen LogP contribution in [0.2, 0.25) is 0 Å². The Hall–Kier alpha value is -3.54. The summed E-state index contributed by atoms with van der Waals surface area (Å²) in [4.78, 5) is 14.2. The van der Waals surface area contributed by atoms with Crippen LogP contribution in [0.25, 0.3) is 0 Å². The summed E-state index contributed by atoms with van der Waals surface area (Å²) in [5.41, 5.74) is 4.61. The highest BCUT2D eigenvalue weighted by Crippen LogP contribution is 2.40. The number of sulfonamides is 1. The van der Waals surface area contributed by atoms with Gasteiger partial charge in [0, 0.05) is 82.8 Å². The number of rotatable bonds is 9. The van der Waals surface area contributed by atoms with Crippen LogP contribution < -0.4 is 29.3 Å². The van der Waals surface area contributed by atoms with Gasteiger partial charge in [-0.1, -0.05) is 0 Å². The lowest BCUT2D eigenvalue weighted by Gasteiger charge is -2.43. The first kappa shape index (κ1) is 35.3. The van der Waals surface area contributed by atoms with Crippen LogP contribution in [-0.4, -0.2) is 107 Å². The Morgan fingerprint density at radius 3 is 2.41 bits per heavy atom. The molecule has 0 spiro atoms. The van der Waals surface area contributed by atoms with Gasteiger partial charge in [0.1, 0.15) is 17.3 Å². The van der Waals surface area contributed by atoms with Crippen LogP contribution in [0.3, 0.4) is 0 Å². The van der Waals surface area contributed by atoms with Crippen molar-refractivity contribution in [1.82, 2.24) is 19.8 Å². The fourth-order valence-corrected chi connectivity index (χ4v) is 7.41. The van der Waals surface area contributed by atoms with Gasteiger partial charge in [-0.3, -0.25) is 9.21 Å². The van der Waals surface area contributed by atoms with Gasteiger partial charge in [0.15, 0.2) is 0 Å². The molecule has 12 nitrogen and oxygen atoms in total. The zero-order valence-electron chi connectivity index (χ0n) is 27.8. The molecule has 0 radical (unpaired) electrons. The molecule has 0 saturated carbocycles. The highest BCUT2D eigenvalue weighted by atomic mass is 79.9. The van der Waals surface area contributed by atoms with Gasteiger partial charge in [-0.15, -0.1) is 0 Å². The number of fused-ring (bicyclic) bond motifs is 1. The minimum Gasteiger partial charge on any atom is -0.494 e. The number of hydrogen-bond acceptors (Lipinski definition) is 11. The number of piperidine rings is 1. The molecule has 3 aromatic rings. The maximum absolute atomic E-state index is 13.1. The van der Waals surface area contributed by atoms with Crippen molar-refractivity contribution in [2.24, 2.45) is 0 Å². The number of halogens is 4. The molecule has 3 aliphatic rings. The van der Waals surface area contributed by atoms with E-state index < -0.39 is 16.3 Å². The second-order valence-electron chi connectivity index (χ2n) is 12.5. The van der Waals surface area contributed by atoms with Crippen molar-refractivity contribution in [2.45, 2.75) is 38.5 Å². The van der Waals surface area contributed by atoms with Crippen LogP contribution in [0.5, 0.6) is 11.5 Å². The molecule has 4 heterocycles. The van der Waals surface area contributed by atoms with E-state index in [1.54, 1.807) is 19.4 Å². The summed E-state index contributed by atoms with van der Waals surface area (Å²) in [5, 5.41) is 6.53. The zero-order valence-corrected chi connectivity index (χ0v) is 30.2. The molecule has 2 saturated heterocycles. The molecule has 6 rings (SSSR count). The highest BCUT2D eigenvalue weighted by molar-refractivity contribution is 9.10. The molecule has 0 bridgehead atoms. The Morgan fingerprint density at radius 2 is 1.76 bits per heavy atom. The lowest BCUT2D eigenvalue weighted by atomic mass is 10.0. The average Bonchev–Trinajstić information content (AvgIpc) is 3.52. The number of nitrogens with one attached hydrogen (secondary N) is 2. The molecule has 2 N–H and O–H groups in total. The summed E-state index contributed by atoms with van der Waals surface area (Å²) >= 11 is 3.51. The maximum Gasteiger partial charge on any atom is 0.460 e. The molecule has 0 aliphatic carbocycles. The number of aromatic nitrogens is 2. The van der Waals surface area contributed by atoms with Crippen LogP contribution in [0.4, 0.5) is 47.7 Å². The molecule has 266 valence electrons. The highest BCUT2D eigenvalue weighted by Gasteiger charge is 2.40. The third-order valence-corrected chi connectivity index (χ3v) is 11.2. The predicted molar refractivity (Wildman–Crippen MR) is 187 cm³/mol. The van der Waals surface area contributed by atoms with Gasteiger partial charge in [0.25, 0.3) is 0 Å². The normalized spacial score (nSPS) is 17.8. The largest absolute Gasteiger partial charge is 0.494 e. The quantitative estimate of drug-likeness (QED) is 0.270. The molecule has 17 heteroatoms. The van der Waals surface area contributed by atoms with Crippen molar-refractivity contribution in [2.75, 3.05) is 86.1 Å². The first-order valence-electron chi connectivity index (χ1n) is 16.0. The Bertz CT molecular complexity index is 1800. The molecule has 0 unspecified atom stereocenters. The molecular formula is C32H40BrF3N8O4S. The minimum absolute atomic E-state index is 0.0126. The van der Waals surface area contributed by atoms with E-state index in [0.29, 0.717) is 69.9 Å². The molecule has 2 aromatic carbocycles. The van der Waals surface area contributed by atoms with Crippen molar-refractivity contribution >= 4 is 60.5 Å². The smallest absolute Gasteiger partial charge is 0.460 e. The standard InChI is InChI=1S/C32H40BrF3N8O4S/c1-20-15-25(29(47-3)18-26(20)43-8-5-22(6-9-43)42-10-12-44(13-11-42)32(34,35)36)39-31-37-19-23(33)30(40-31)38-24-17-28-21(7-14-48-28)16-27(24)41(2)49(4,45)46/h15-19,22H,5-14H2,1-4H3,(H2,37,38,39,40). The number of ether oxygens (including phenoxy) is 2. The average molecular weight is 770 g/mol. The lowest BCUT2D eigenvalue weighted by Crippen LogP contribution is -2.56. The number of benzene rings is 2. The number of nitrogens with zero attached hydrogens (tertiary/aromatic N) is 6. The third kappa shape index (κ3) is 7.79. The zero-order chi connectivity index (χ0) is 35.1. The fraction of sp³-hybridized carbons (Fsp3) is 0.500. The maximum atomic E-state index is 13.1. The molecule has 49 heavy (non-hydrogen) atoms. The number of anilines is 6. The number of methoxy groups -OCH3 is 1. The fourth-order valence-electron chi connectivity index (χ4n) is 6.61. The van der Waals surface area contributed by atoms with E-state index in [4.69, 9.17) is 9.47 Å². The first-order chi connectivity index (χ1) is 23.2. The van der Waals surface area contributed by atoms with Gasteiger partial charge in [-0.25, -0.2) is 18.3 Å². The summed E-state index contributed by atoms with van der Waals surface area (Å²) in [6, 6.07) is 7.82. The summed E-state index contributed by atoms with van der Waals surface area (Å²) in [6.45, 7) is 4.99. The molecule has 3 aliphatic heterocycles. The van der Waals surface area contributed by atoms with E-state index in [-0.39, 0.29) is 25.1 Å². The van der Waals surface area contributed by atoms with Gasteiger partial charge in [-0.2, -0.15) is 18.2 Å². The van der Waals surface area contributed by atoms with E-state index in [0.717, 1.165) is 49.0 Å².